The highest BCUT2D eigenvalue weighted by molar-refractivity contribution is 7.80. The normalized spacial score (nSPS) is 10.4. The number of thiocarbonyl (C=S) groups is 1. The standard InChI is InChI=1S/C11H13N3S2/c1-7-4-5-8-9(6-7)16-11(13-8)14(3)10(15)12-2/h4-6H,1-3H3,(H,12,15). The van der Waals surface area contributed by atoms with E-state index in [2.05, 4.69) is 29.4 Å². The van der Waals surface area contributed by atoms with Crippen LogP contribution in [0.4, 0.5) is 5.13 Å². The predicted molar refractivity (Wildman–Crippen MR) is 74.4 cm³/mol. The highest BCUT2D eigenvalue weighted by atomic mass is 32.1. The van der Waals surface area contributed by atoms with Crippen molar-refractivity contribution in [2.24, 2.45) is 0 Å². The van der Waals surface area contributed by atoms with Crippen LogP contribution >= 0.6 is 23.6 Å². The van der Waals surface area contributed by atoms with Gasteiger partial charge in [0.25, 0.3) is 0 Å². The molecule has 1 aromatic carbocycles. The SMILES string of the molecule is CNC(=S)N(C)c1nc2ccc(C)cc2s1. The van der Waals surface area contributed by atoms with E-state index in [0.29, 0.717) is 5.11 Å². The number of thiazole rings is 1. The second-order valence-corrected chi connectivity index (χ2v) is 4.98. The van der Waals surface area contributed by atoms with Crippen LogP contribution in [0.15, 0.2) is 18.2 Å². The molecule has 0 saturated heterocycles. The summed E-state index contributed by atoms with van der Waals surface area (Å²) >= 11 is 6.82. The molecular formula is C11H13N3S2. The van der Waals surface area contributed by atoms with Crippen LogP contribution in [0.25, 0.3) is 10.2 Å². The average Bonchev–Trinajstić information content (AvgIpc) is 2.69. The molecule has 0 amide bonds. The van der Waals surface area contributed by atoms with Gasteiger partial charge in [-0.15, -0.1) is 0 Å². The Morgan fingerprint density at radius 1 is 1.50 bits per heavy atom. The number of fused-ring (bicyclic) bond motifs is 1. The zero-order valence-corrected chi connectivity index (χ0v) is 11.1. The lowest BCUT2D eigenvalue weighted by Gasteiger charge is -2.15. The first-order valence-corrected chi connectivity index (χ1v) is 6.17. The minimum Gasteiger partial charge on any atom is -0.365 e. The highest BCUT2D eigenvalue weighted by Gasteiger charge is 2.10. The van der Waals surface area contributed by atoms with Crippen molar-refractivity contribution in [1.82, 2.24) is 10.3 Å². The maximum atomic E-state index is 5.17. The van der Waals surface area contributed by atoms with E-state index in [1.807, 2.05) is 25.1 Å². The van der Waals surface area contributed by atoms with Crippen LogP contribution in [0, 0.1) is 6.92 Å². The first-order chi connectivity index (χ1) is 7.61. The summed E-state index contributed by atoms with van der Waals surface area (Å²) < 4.78 is 1.20. The van der Waals surface area contributed by atoms with Gasteiger partial charge in [0, 0.05) is 14.1 Å². The molecule has 84 valence electrons. The molecule has 2 rings (SSSR count). The van der Waals surface area contributed by atoms with Crippen LogP contribution in [-0.4, -0.2) is 24.2 Å². The second-order valence-electron chi connectivity index (χ2n) is 3.58. The van der Waals surface area contributed by atoms with E-state index in [9.17, 15) is 0 Å². The number of benzene rings is 1. The van der Waals surface area contributed by atoms with Gasteiger partial charge in [-0.2, -0.15) is 0 Å². The topological polar surface area (TPSA) is 28.2 Å². The molecule has 1 aromatic heterocycles. The van der Waals surface area contributed by atoms with E-state index in [1.165, 1.54) is 10.3 Å². The molecule has 1 heterocycles. The quantitative estimate of drug-likeness (QED) is 0.788. The van der Waals surface area contributed by atoms with Crippen LogP contribution in [-0.2, 0) is 0 Å². The number of rotatable bonds is 1. The van der Waals surface area contributed by atoms with Crippen molar-refractivity contribution < 1.29 is 0 Å². The first-order valence-electron chi connectivity index (χ1n) is 4.94. The maximum absolute atomic E-state index is 5.17. The van der Waals surface area contributed by atoms with Gasteiger partial charge in [0.2, 0.25) is 0 Å². The van der Waals surface area contributed by atoms with Gasteiger partial charge >= 0.3 is 0 Å². The van der Waals surface area contributed by atoms with E-state index in [-0.39, 0.29) is 0 Å². The Morgan fingerprint density at radius 3 is 2.94 bits per heavy atom. The van der Waals surface area contributed by atoms with Crippen LogP contribution < -0.4 is 10.2 Å². The molecule has 0 aliphatic carbocycles. The fourth-order valence-corrected chi connectivity index (χ4v) is 2.59. The van der Waals surface area contributed by atoms with Gasteiger partial charge in [0.05, 0.1) is 10.2 Å². The summed E-state index contributed by atoms with van der Waals surface area (Å²) in [7, 11) is 3.74. The lowest BCUT2D eigenvalue weighted by Crippen LogP contribution is -2.34. The number of aromatic nitrogens is 1. The van der Waals surface area contributed by atoms with Crippen molar-refractivity contribution in [3.8, 4) is 0 Å². The summed E-state index contributed by atoms with van der Waals surface area (Å²) in [6.45, 7) is 2.08. The Kier molecular flexibility index (Phi) is 3.07. The molecule has 3 nitrogen and oxygen atoms in total. The molecule has 0 aliphatic rings. The lowest BCUT2D eigenvalue weighted by molar-refractivity contribution is 1.11. The molecule has 1 N–H and O–H groups in total. The molecule has 0 fully saturated rings. The van der Waals surface area contributed by atoms with Gasteiger partial charge in [-0.05, 0) is 36.8 Å². The van der Waals surface area contributed by atoms with Gasteiger partial charge in [-0.25, -0.2) is 4.98 Å². The molecule has 0 radical (unpaired) electrons. The van der Waals surface area contributed by atoms with Gasteiger partial charge < -0.3 is 5.32 Å². The van der Waals surface area contributed by atoms with Crippen molar-refractivity contribution in [3.63, 3.8) is 0 Å². The minimum atomic E-state index is 0.677. The average molecular weight is 251 g/mol. The zero-order valence-electron chi connectivity index (χ0n) is 9.44. The number of anilines is 1. The second kappa shape index (κ2) is 4.35. The van der Waals surface area contributed by atoms with Crippen LogP contribution in [0.1, 0.15) is 5.56 Å². The summed E-state index contributed by atoms with van der Waals surface area (Å²) in [6.07, 6.45) is 0. The van der Waals surface area contributed by atoms with Crippen LogP contribution in [0.5, 0.6) is 0 Å². The van der Waals surface area contributed by atoms with Crippen molar-refractivity contribution in [1.29, 1.82) is 0 Å². The lowest BCUT2D eigenvalue weighted by atomic mass is 10.2. The zero-order chi connectivity index (χ0) is 11.7. The van der Waals surface area contributed by atoms with E-state index in [0.717, 1.165) is 10.6 Å². The summed E-state index contributed by atoms with van der Waals surface area (Å²) in [5, 5.41) is 4.54. The monoisotopic (exact) mass is 251 g/mol. The Bertz CT molecular complexity index is 533. The van der Waals surface area contributed by atoms with Crippen molar-refractivity contribution in [2.75, 3.05) is 19.0 Å². The number of hydrogen-bond donors (Lipinski definition) is 1. The van der Waals surface area contributed by atoms with Crippen molar-refractivity contribution in [2.45, 2.75) is 6.92 Å². The number of hydrogen-bond acceptors (Lipinski definition) is 3. The summed E-state index contributed by atoms with van der Waals surface area (Å²) in [6, 6.07) is 6.26. The Labute approximate surface area is 104 Å². The van der Waals surface area contributed by atoms with Crippen molar-refractivity contribution >= 4 is 44.0 Å². The Hall–Kier alpha value is -1.20. The number of nitrogens with one attached hydrogen (secondary N) is 1. The number of nitrogens with zero attached hydrogens (tertiary/aromatic N) is 2. The highest BCUT2D eigenvalue weighted by Crippen LogP contribution is 2.28. The molecule has 2 aromatic rings. The number of aryl methyl sites for hydroxylation is 1. The van der Waals surface area contributed by atoms with E-state index >= 15 is 0 Å². The summed E-state index contributed by atoms with van der Waals surface area (Å²) in [5.41, 5.74) is 2.28. The summed E-state index contributed by atoms with van der Waals surface area (Å²) in [4.78, 5) is 6.42. The molecule has 0 atom stereocenters. The molecule has 5 heteroatoms. The summed E-state index contributed by atoms with van der Waals surface area (Å²) in [5.74, 6) is 0. The molecular weight excluding hydrogens is 238 g/mol. The van der Waals surface area contributed by atoms with Gasteiger partial charge in [0.1, 0.15) is 0 Å². The maximum Gasteiger partial charge on any atom is 0.192 e. The predicted octanol–water partition coefficient (Wildman–Crippen LogP) is 2.55. The van der Waals surface area contributed by atoms with Crippen molar-refractivity contribution in [3.05, 3.63) is 23.8 Å². The fraction of sp³-hybridized carbons (Fsp3) is 0.273. The van der Waals surface area contributed by atoms with E-state index in [1.54, 1.807) is 11.3 Å². The van der Waals surface area contributed by atoms with Crippen LogP contribution in [0.2, 0.25) is 0 Å². The third-order valence-corrected chi connectivity index (χ3v) is 3.91. The molecule has 0 unspecified atom stereocenters. The van der Waals surface area contributed by atoms with E-state index < -0.39 is 0 Å². The van der Waals surface area contributed by atoms with Gasteiger partial charge in [-0.3, -0.25) is 4.90 Å². The molecule has 0 bridgehead atoms. The fourth-order valence-electron chi connectivity index (χ4n) is 1.42. The molecule has 0 aliphatic heterocycles. The Balaban J connectivity index is 2.43. The van der Waals surface area contributed by atoms with E-state index in [4.69, 9.17) is 12.2 Å². The minimum absolute atomic E-state index is 0.677. The molecule has 0 spiro atoms. The largest absolute Gasteiger partial charge is 0.365 e. The van der Waals surface area contributed by atoms with Gasteiger partial charge in [-0.1, -0.05) is 17.4 Å². The Morgan fingerprint density at radius 2 is 2.25 bits per heavy atom. The molecule has 16 heavy (non-hydrogen) atoms. The first kappa shape index (κ1) is 11.3. The molecule has 0 saturated carbocycles. The third-order valence-electron chi connectivity index (χ3n) is 2.34. The van der Waals surface area contributed by atoms with Gasteiger partial charge in [0.15, 0.2) is 10.2 Å². The third kappa shape index (κ3) is 2.01. The van der Waals surface area contributed by atoms with Crippen LogP contribution in [0.3, 0.4) is 0 Å². The smallest absolute Gasteiger partial charge is 0.192 e.